The predicted octanol–water partition coefficient (Wildman–Crippen LogP) is 1.21. The molecule has 0 spiro atoms. The highest BCUT2D eigenvalue weighted by atomic mass is 32.1. The summed E-state index contributed by atoms with van der Waals surface area (Å²) in [6.45, 7) is 2.89. The maximum atomic E-state index is 12.0. The lowest BCUT2D eigenvalue weighted by Crippen LogP contribution is -2.42. The Kier molecular flexibility index (Phi) is 4.05. The first-order valence-corrected chi connectivity index (χ1v) is 7.99. The van der Waals surface area contributed by atoms with Crippen LogP contribution in [0.15, 0.2) is 11.6 Å². The molecule has 3 rings (SSSR count). The van der Waals surface area contributed by atoms with Crippen LogP contribution in [0.3, 0.4) is 0 Å². The number of carbonyl (C=O) groups is 1. The van der Waals surface area contributed by atoms with E-state index in [2.05, 4.69) is 9.88 Å². The Hall–Kier alpha value is -0.980. The second kappa shape index (κ2) is 5.79. The summed E-state index contributed by atoms with van der Waals surface area (Å²) in [6.07, 6.45) is 3.82. The van der Waals surface area contributed by atoms with Gasteiger partial charge in [-0.25, -0.2) is 4.98 Å². The van der Waals surface area contributed by atoms with Gasteiger partial charge >= 0.3 is 0 Å². The molecule has 0 aromatic carbocycles. The van der Waals surface area contributed by atoms with E-state index in [-0.39, 0.29) is 18.1 Å². The number of likely N-dealkylation sites (N-methyl/N-ethyl adjacent to an activating group) is 1. The van der Waals surface area contributed by atoms with Crippen molar-refractivity contribution >= 4 is 17.2 Å². The van der Waals surface area contributed by atoms with E-state index in [9.17, 15) is 4.79 Å². The molecule has 20 heavy (non-hydrogen) atoms. The van der Waals surface area contributed by atoms with E-state index in [4.69, 9.17) is 4.74 Å². The Labute approximate surface area is 123 Å². The Morgan fingerprint density at radius 1 is 1.60 bits per heavy atom. The molecule has 5 nitrogen and oxygen atoms in total. The zero-order valence-corrected chi connectivity index (χ0v) is 12.8. The fourth-order valence-corrected chi connectivity index (χ4v) is 3.77. The van der Waals surface area contributed by atoms with Crippen LogP contribution in [0.1, 0.15) is 17.8 Å². The van der Waals surface area contributed by atoms with E-state index in [1.165, 1.54) is 0 Å². The van der Waals surface area contributed by atoms with Gasteiger partial charge in [0.2, 0.25) is 0 Å². The number of aromatic nitrogens is 1. The molecule has 1 aromatic heterocycles. The number of carbonyl (C=O) groups excluding carboxylic acids is 1. The highest BCUT2D eigenvalue weighted by Crippen LogP contribution is 2.34. The summed E-state index contributed by atoms with van der Waals surface area (Å²) in [7, 11) is 3.59. The van der Waals surface area contributed by atoms with Gasteiger partial charge in [-0.15, -0.1) is 11.3 Å². The molecule has 0 radical (unpaired) electrons. The average molecular weight is 295 g/mol. The van der Waals surface area contributed by atoms with Crippen molar-refractivity contribution in [3.05, 3.63) is 16.6 Å². The minimum atomic E-state index is -0.236. The third-order valence-corrected chi connectivity index (χ3v) is 4.96. The standard InChI is InChI=1S/C14H21N3O2S/c1-16(2)14(18)11-7-10-3-5-17(8-12(10)19-11)9-13-15-4-6-20-13/h4,6,10-12H,3,5,7-9H2,1-2H3/t10-,11+,12-/m1/s1. The molecule has 2 aliphatic heterocycles. The van der Waals surface area contributed by atoms with Gasteiger partial charge in [-0.2, -0.15) is 0 Å². The second-order valence-electron chi connectivity index (χ2n) is 5.84. The van der Waals surface area contributed by atoms with Crippen LogP contribution in [0, 0.1) is 5.92 Å². The zero-order chi connectivity index (χ0) is 14.1. The molecule has 0 bridgehead atoms. The van der Waals surface area contributed by atoms with Crippen LogP contribution in [0.5, 0.6) is 0 Å². The van der Waals surface area contributed by atoms with Crippen molar-refractivity contribution in [1.29, 1.82) is 0 Å². The Morgan fingerprint density at radius 2 is 2.45 bits per heavy atom. The number of nitrogens with zero attached hydrogens (tertiary/aromatic N) is 3. The summed E-state index contributed by atoms with van der Waals surface area (Å²) < 4.78 is 5.99. The van der Waals surface area contributed by atoms with Crippen LogP contribution in [-0.4, -0.2) is 60.1 Å². The molecule has 3 atom stereocenters. The third kappa shape index (κ3) is 2.87. The Balaban J connectivity index is 1.57. The minimum absolute atomic E-state index is 0.103. The van der Waals surface area contributed by atoms with E-state index < -0.39 is 0 Å². The molecule has 2 fully saturated rings. The lowest BCUT2D eigenvalue weighted by molar-refractivity contribution is -0.141. The van der Waals surface area contributed by atoms with Crippen molar-refractivity contribution in [3.63, 3.8) is 0 Å². The predicted molar refractivity (Wildman–Crippen MR) is 77.5 cm³/mol. The number of thiazole rings is 1. The quantitative estimate of drug-likeness (QED) is 0.841. The normalized spacial score (nSPS) is 30.2. The summed E-state index contributed by atoms with van der Waals surface area (Å²) in [5, 5.41) is 3.17. The van der Waals surface area contributed by atoms with E-state index in [1.807, 2.05) is 11.6 Å². The van der Waals surface area contributed by atoms with Crippen LogP contribution in [0.2, 0.25) is 0 Å². The van der Waals surface area contributed by atoms with Gasteiger partial charge in [0.05, 0.1) is 12.6 Å². The van der Waals surface area contributed by atoms with Crippen LogP contribution < -0.4 is 0 Å². The molecule has 0 aliphatic carbocycles. The first-order valence-electron chi connectivity index (χ1n) is 7.11. The first kappa shape index (κ1) is 14.0. The Bertz CT molecular complexity index is 463. The van der Waals surface area contributed by atoms with E-state index in [0.717, 1.165) is 37.5 Å². The molecule has 1 amide bonds. The number of fused-ring (bicyclic) bond motifs is 1. The SMILES string of the molecule is CN(C)C(=O)[C@@H]1C[C@H]2CCN(Cc3nccs3)C[C@H]2O1. The fraction of sp³-hybridized carbons (Fsp3) is 0.714. The molecule has 1 aromatic rings. The van der Waals surface area contributed by atoms with Crippen molar-refractivity contribution in [2.24, 2.45) is 5.92 Å². The van der Waals surface area contributed by atoms with Crippen LogP contribution in [0.25, 0.3) is 0 Å². The summed E-state index contributed by atoms with van der Waals surface area (Å²) >= 11 is 1.70. The molecule has 2 aliphatic rings. The van der Waals surface area contributed by atoms with Gasteiger partial charge in [0.1, 0.15) is 11.1 Å². The van der Waals surface area contributed by atoms with Crippen molar-refractivity contribution in [1.82, 2.24) is 14.8 Å². The molecule has 2 saturated heterocycles. The van der Waals surface area contributed by atoms with Gasteiger partial charge in [-0.05, 0) is 25.3 Å². The molecule has 0 unspecified atom stereocenters. The maximum Gasteiger partial charge on any atom is 0.251 e. The van der Waals surface area contributed by atoms with Gasteiger partial charge < -0.3 is 9.64 Å². The third-order valence-electron chi connectivity index (χ3n) is 4.19. The molecule has 6 heteroatoms. The van der Waals surface area contributed by atoms with E-state index >= 15 is 0 Å². The van der Waals surface area contributed by atoms with Gasteiger partial charge in [0.25, 0.3) is 5.91 Å². The summed E-state index contributed by atoms with van der Waals surface area (Å²) in [4.78, 5) is 20.4. The number of hydrogen-bond donors (Lipinski definition) is 0. The molecular formula is C14H21N3O2S. The molecular weight excluding hydrogens is 274 g/mol. The molecule has 110 valence electrons. The van der Waals surface area contributed by atoms with E-state index in [1.54, 1.807) is 30.3 Å². The van der Waals surface area contributed by atoms with Crippen LogP contribution in [-0.2, 0) is 16.1 Å². The second-order valence-corrected chi connectivity index (χ2v) is 6.82. The van der Waals surface area contributed by atoms with Crippen LogP contribution in [0.4, 0.5) is 0 Å². The highest BCUT2D eigenvalue weighted by Gasteiger charge is 2.42. The lowest BCUT2D eigenvalue weighted by atomic mass is 9.91. The smallest absolute Gasteiger partial charge is 0.251 e. The summed E-state index contributed by atoms with van der Waals surface area (Å²) in [5.74, 6) is 0.641. The van der Waals surface area contributed by atoms with Gasteiger partial charge in [0, 0.05) is 32.2 Å². The number of likely N-dealkylation sites (tertiary alicyclic amines) is 1. The number of amides is 1. The summed E-state index contributed by atoms with van der Waals surface area (Å²) in [6, 6.07) is 0. The van der Waals surface area contributed by atoms with Gasteiger partial charge in [0.15, 0.2) is 0 Å². The number of rotatable bonds is 3. The zero-order valence-electron chi connectivity index (χ0n) is 12.0. The molecule has 0 saturated carbocycles. The maximum absolute atomic E-state index is 12.0. The largest absolute Gasteiger partial charge is 0.364 e. The number of ether oxygens (including phenoxy) is 1. The van der Waals surface area contributed by atoms with Crippen molar-refractivity contribution < 1.29 is 9.53 Å². The molecule has 0 N–H and O–H groups in total. The van der Waals surface area contributed by atoms with Gasteiger partial charge in [-0.3, -0.25) is 9.69 Å². The van der Waals surface area contributed by atoms with E-state index in [0.29, 0.717) is 5.92 Å². The number of hydrogen-bond acceptors (Lipinski definition) is 5. The summed E-state index contributed by atoms with van der Waals surface area (Å²) in [5.41, 5.74) is 0. The first-order chi connectivity index (χ1) is 9.63. The molecule has 3 heterocycles. The van der Waals surface area contributed by atoms with Crippen molar-refractivity contribution in [2.75, 3.05) is 27.2 Å². The fourth-order valence-electron chi connectivity index (χ4n) is 3.11. The lowest BCUT2D eigenvalue weighted by Gasteiger charge is -2.33. The minimum Gasteiger partial charge on any atom is -0.364 e. The highest BCUT2D eigenvalue weighted by molar-refractivity contribution is 7.09. The average Bonchev–Trinajstić information content (AvgIpc) is 3.06. The van der Waals surface area contributed by atoms with Gasteiger partial charge in [-0.1, -0.05) is 0 Å². The van der Waals surface area contributed by atoms with Crippen LogP contribution >= 0.6 is 11.3 Å². The van der Waals surface area contributed by atoms with Crippen molar-refractivity contribution in [3.8, 4) is 0 Å². The monoisotopic (exact) mass is 295 g/mol. The van der Waals surface area contributed by atoms with Crippen molar-refractivity contribution in [2.45, 2.75) is 31.6 Å². The topological polar surface area (TPSA) is 45.7 Å². The number of piperidine rings is 1. The Morgan fingerprint density at radius 3 is 3.15 bits per heavy atom.